The number of nitrogens with one attached hydrogen (secondary N) is 2. The molecule has 3 heteroatoms. The van der Waals surface area contributed by atoms with Crippen LogP contribution in [0.4, 0.5) is 0 Å². The van der Waals surface area contributed by atoms with Gasteiger partial charge in [-0.1, -0.05) is 48.5 Å². The second kappa shape index (κ2) is 5.37. The third kappa shape index (κ3) is 2.23. The van der Waals surface area contributed by atoms with Gasteiger partial charge in [0.15, 0.2) is 0 Å². The second-order valence-corrected chi connectivity index (χ2v) is 5.14. The molecule has 2 N–H and O–H groups in total. The topological polar surface area (TPSA) is 44.5 Å². The van der Waals surface area contributed by atoms with Crippen molar-refractivity contribution in [1.29, 1.82) is 0 Å². The molecule has 0 fully saturated rings. The molecule has 0 aliphatic rings. The first-order valence-electron chi connectivity index (χ1n) is 7.25. The summed E-state index contributed by atoms with van der Waals surface area (Å²) in [7, 11) is 0. The van der Waals surface area contributed by atoms with Crippen LogP contribution in [0.25, 0.3) is 32.8 Å². The summed E-state index contributed by atoms with van der Waals surface area (Å²) in [6, 6.07) is 24.7. The predicted octanol–water partition coefficient (Wildman–Crippen LogP) is 4.88. The average molecular weight is 285 g/mol. The first-order chi connectivity index (χ1) is 10.9. The van der Waals surface area contributed by atoms with Gasteiger partial charge in [0.05, 0.1) is 17.4 Å². The molecule has 22 heavy (non-hydrogen) atoms. The van der Waals surface area contributed by atoms with E-state index in [1.807, 2.05) is 24.3 Å². The molecule has 0 bridgehead atoms. The lowest BCUT2D eigenvalue weighted by atomic mass is 10.2. The Labute approximate surface area is 127 Å². The number of aromatic amines is 2. The highest BCUT2D eigenvalue weighted by Crippen LogP contribution is 2.24. The zero-order chi connectivity index (χ0) is 14.8. The lowest BCUT2D eigenvalue weighted by Crippen LogP contribution is -1.63. The largest absolute Gasteiger partial charge is 0.355 e. The molecule has 0 saturated carbocycles. The van der Waals surface area contributed by atoms with Crippen LogP contribution in [0, 0.1) is 0 Å². The van der Waals surface area contributed by atoms with Crippen molar-refractivity contribution in [2.75, 3.05) is 0 Å². The smallest absolute Gasteiger partial charge is 0.0931 e. The Morgan fingerprint density at radius 1 is 0.591 bits per heavy atom. The monoisotopic (exact) mass is 285 g/mol. The van der Waals surface area contributed by atoms with Gasteiger partial charge in [0.1, 0.15) is 0 Å². The Kier molecular flexibility index (Phi) is 3.09. The number of nitrogens with zero attached hydrogens (tertiary/aromatic N) is 1. The van der Waals surface area contributed by atoms with Gasteiger partial charge in [0, 0.05) is 21.8 Å². The highest BCUT2D eigenvalue weighted by Gasteiger charge is 2.00. The first-order valence-corrected chi connectivity index (χ1v) is 7.25. The number of imidazole rings is 1. The second-order valence-electron chi connectivity index (χ2n) is 5.14. The minimum Gasteiger partial charge on any atom is -0.355 e. The van der Waals surface area contributed by atoms with Gasteiger partial charge < -0.3 is 9.97 Å². The number of hydrogen-bond acceptors (Lipinski definition) is 1. The van der Waals surface area contributed by atoms with E-state index in [0.717, 1.165) is 11.0 Å². The molecule has 5 rings (SSSR count). The summed E-state index contributed by atoms with van der Waals surface area (Å²) in [5.74, 6) is 0. The van der Waals surface area contributed by atoms with Crippen LogP contribution in [0.1, 0.15) is 0 Å². The fourth-order valence-corrected chi connectivity index (χ4v) is 2.68. The summed E-state index contributed by atoms with van der Waals surface area (Å²) in [6.45, 7) is 0. The van der Waals surface area contributed by atoms with Gasteiger partial charge in [-0.25, -0.2) is 4.98 Å². The van der Waals surface area contributed by atoms with Crippen molar-refractivity contribution in [3.05, 3.63) is 79.1 Å². The Bertz CT molecular complexity index is 960. The number of benzene rings is 3. The van der Waals surface area contributed by atoms with E-state index in [9.17, 15) is 0 Å². The van der Waals surface area contributed by atoms with Crippen molar-refractivity contribution in [3.63, 3.8) is 0 Å². The number of fused-ring (bicyclic) bond motifs is 4. The maximum atomic E-state index is 4.06. The molecule has 3 nitrogen and oxygen atoms in total. The van der Waals surface area contributed by atoms with E-state index in [1.54, 1.807) is 6.33 Å². The molecule has 0 saturated heterocycles. The van der Waals surface area contributed by atoms with Gasteiger partial charge in [-0.3, -0.25) is 0 Å². The standard InChI is InChI=1S/C12H9N.C7H6N2/c1-3-7-11-9(5-1)10-6-2-4-8-12(10)13-11;1-2-4-7-6(3-1)8-5-9-7/h1-8,13H;1-5H,(H,8,9). The molecule has 2 aromatic heterocycles. The number of H-pyrrole nitrogens is 2. The lowest BCUT2D eigenvalue weighted by Gasteiger charge is -1.87. The zero-order valence-corrected chi connectivity index (χ0v) is 12.0. The normalized spacial score (nSPS) is 10.7. The number of para-hydroxylation sites is 4. The van der Waals surface area contributed by atoms with E-state index in [4.69, 9.17) is 0 Å². The minimum absolute atomic E-state index is 1.03. The van der Waals surface area contributed by atoms with E-state index in [0.29, 0.717) is 0 Å². The van der Waals surface area contributed by atoms with Crippen molar-refractivity contribution in [1.82, 2.24) is 15.0 Å². The molecule has 0 amide bonds. The van der Waals surface area contributed by atoms with E-state index in [1.165, 1.54) is 21.8 Å². The van der Waals surface area contributed by atoms with Crippen LogP contribution in [0.5, 0.6) is 0 Å². The number of rotatable bonds is 0. The van der Waals surface area contributed by atoms with Crippen LogP contribution < -0.4 is 0 Å². The van der Waals surface area contributed by atoms with E-state index in [2.05, 4.69) is 63.5 Å². The van der Waals surface area contributed by atoms with Crippen molar-refractivity contribution in [3.8, 4) is 0 Å². The Morgan fingerprint density at radius 3 is 1.77 bits per heavy atom. The van der Waals surface area contributed by atoms with Crippen molar-refractivity contribution in [2.45, 2.75) is 0 Å². The molecule has 2 heterocycles. The van der Waals surface area contributed by atoms with Gasteiger partial charge in [0.2, 0.25) is 0 Å². The summed E-state index contributed by atoms with van der Waals surface area (Å²) in [5.41, 5.74) is 4.54. The van der Waals surface area contributed by atoms with E-state index < -0.39 is 0 Å². The minimum atomic E-state index is 1.03. The highest BCUT2D eigenvalue weighted by atomic mass is 14.9. The maximum absolute atomic E-state index is 4.06. The molecule has 3 aromatic carbocycles. The molecule has 106 valence electrons. The van der Waals surface area contributed by atoms with Crippen LogP contribution in [0.2, 0.25) is 0 Å². The molecule has 0 aliphatic heterocycles. The first kappa shape index (κ1) is 12.7. The van der Waals surface area contributed by atoms with Crippen LogP contribution >= 0.6 is 0 Å². The van der Waals surface area contributed by atoms with Gasteiger partial charge >= 0.3 is 0 Å². The van der Waals surface area contributed by atoms with Gasteiger partial charge in [-0.05, 0) is 24.3 Å². The zero-order valence-electron chi connectivity index (χ0n) is 12.0. The van der Waals surface area contributed by atoms with Crippen molar-refractivity contribution in [2.24, 2.45) is 0 Å². The SMILES string of the molecule is c1ccc2[nH]cnc2c1.c1ccc2c(c1)[nH]c1ccccc12. The molecule has 0 spiro atoms. The Morgan fingerprint density at radius 2 is 1.14 bits per heavy atom. The van der Waals surface area contributed by atoms with Gasteiger partial charge in [0.25, 0.3) is 0 Å². The molecular weight excluding hydrogens is 270 g/mol. The van der Waals surface area contributed by atoms with E-state index >= 15 is 0 Å². The molecule has 0 radical (unpaired) electrons. The maximum Gasteiger partial charge on any atom is 0.0931 e. The van der Waals surface area contributed by atoms with Crippen LogP contribution in [-0.4, -0.2) is 15.0 Å². The van der Waals surface area contributed by atoms with E-state index in [-0.39, 0.29) is 0 Å². The Hall–Kier alpha value is -3.07. The molecule has 0 unspecified atom stereocenters. The molecular formula is C19H15N3. The van der Waals surface area contributed by atoms with Crippen molar-refractivity contribution >= 4 is 32.8 Å². The fraction of sp³-hybridized carbons (Fsp3) is 0. The summed E-state index contributed by atoms with van der Waals surface area (Å²) >= 11 is 0. The fourth-order valence-electron chi connectivity index (χ4n) is 2.68. The molecule has 0 aliphatic carbocycles. The lowest BCUT2D eigenvalue weighted by molar-refractivity contribution is 1.34. The number of aromatic nitrogens is 3. The van der Waals surface area contributed by atoms with Crippen molar-refractivity contribution < 1.29 is 0 Å². The van der Waals surface area contributed by atoms with Crippen LogP contribution in [0.15, 0.2) is 79.1 Å². The quantitative estimate of drug-likeness (QED) is 0.418. The molecule has 5 aromatic rings. The molecule has 0 atom stereocenters. The predicted molar refractivity (Wildman–Crippen MR) is 91.9 cm³/mol. The third-order valence-electron chi connectivity index (χ3n) is 3.74. The summed E-state index contributed by atoms with van der Waals surface area (Å²) in [5, 5.41) is 2.61. The number of hydrogen-bond donors (Lipinski definition) is 2. The summed E-state index contributed by atoms with van der Waals surface area (Å²) < 4.78 is 0. The van der Waals surface area contributed by atoms with Gasteiger partial charge in [-0.2, -0.15) is 0 Å². The summed E-state index contributed by atoms with van der Waals surface area (Å²) in [6.07, 6.45) is 1.70. The Balaban J connectivity index is 0.000000122. The van der Waals surface area contributed by atoms with Crippen LogP contribution in [-0.2, 0) is 0 Å². The average Bonchev–Trinajstić information content (AvgIpc) is 3.19. The summed E-state index contributed by atoms with van der Waals surface area (Å²) in [4.78, 5) is 10.4. The highest BCUT2D eigenvalue weighted by molar-refractivity contribution is 6.06. The van der Waals surface area contributed by atoms with Crippen LogP contribution in [0.3, 0.4) is 0 Å². The van der Waals surface area contributed by atoms with Gasteiger partial charge in [-0.15, -0.1) is 0 Å². The third-order valence-corrected chi connectivity index (χ3v) is 3.74.